The standard InChI is InChI=1S/C11H17N3O4/c1-6(10(16)17)13-11(18)14-4-2-3-7-8(14)5-12-9(7)15/h6-8H,2-5H2,1H3,(H,12,15)(H,13,18)(H,16,17). The van der Waals surface area contributed by atoms with Crippen molar-refractivity contribution in [2.75, 3.05) is 13.1 Å². The maximum atomic E-state index is 12.0. The molecule has 3 unspecified atom stereocenters. The normalized spacial score (nSPS) is 28.3. The first kappa shape index (κ1) is 12.7. The van der Waals surface area contributed by atoms with E-state index in [-0.39, 0.29) is 17.9 Å². The van der Waals surface area contributed by atoms with E-state index in [2.05, 4.69) is 10.6 Å². The van der Waals surface area contributed by atoms with Crippen molar-refractivity contribution in [1.29, 1.82) is 0 Å². The summed E-state index contributed by atoms with van der Waals surface area (Å²) in [5.74, 6) is -1.23. The molecule has 2 fully saturated rings. The van der Waals surface area contributed by atoms with E-state index in [0.717, 1.165) is 12.8 Å². The topological polar surface area (TPSA) is 98.7 Å². The number of hydrogen-bond acceptors (Lipinski definition) is 3. The van der Waals surface area contributed by atoms with Crippen LogP contribution in [0.5, 0.6) is 0 Å². The van der Waals surface area contributed by atoms with Crippen LogP contribution in [0.1, 0.15) is 19.8 Å². The zero-order valence-electron chi connectivity index (χ0n) is 10.2. The van der Waals surface area contributed by atoms with Crippen molar-refractivity contribution in [2.45, 2.75) is 31.8 Å². The van der Waals surface area contributed by atoms with Gasteiger partial charge in [0.2, 0.25) is 5.91 Å². The number of nitrogens with one attached hydrogen (secondary N) is 2. The predicted octanol–water partition coefficient (Wildman–Crippen LogP) is -0.620. The van der Waals surface area contributed by atoms with Crippen molar-refractivity contribution in [2.24, 2.45) is 5.92 Å². The Hall–Kier alpha value is -1.79. The molecule has 2 aliphatic rings. The summed E-state index contributed by atoms with van der Waals surface area (Å²) in [7, 11) is 0. The lowest BCUT2D eigenvalue weighted by molar-refractivity contribution is -0.138. The summed E-state index contributed by atoms with van der Waals surface area (Å²) < 4.78 is 0. The molecule has 0 saturated carbocycles. The Labute approximate surface area is 105 Å². The van der Waals surface area contributed by atoms with E-state index in [0.29, 0.717) is 13.1 Å². The second-order valence-corrected chi connectivity index (χ2v) is 4.76. The van der Waals surface area contributed by atoms with Gasteiger partial charge in [-0.3, -0.25) is 9.59 Å². The van der Waals surface area contributed by atoms with Crippen molar-refractivity contribution < 1.29 is 19.5 Å². The number of likely N-dealkylation sites (tertiary alicyclic amines) is 1. The monoisotopic (exact) mass is 255 g/mol. The number of nitrogens with zero attached hydrogens (tertiary/aromatic N) is 1. The van der Waals surface area contributed by atoms with Crippen molar-refractivity contribution >= 4 is 17.9 Å². The first-order chi connectivity index (χ1) is 8.50. The molecule has 0 radical (unpaired) electrons. The van der Waals surface area contributed by atoms with Crippen molar-refractivity contribution in [1.82, 2.24) is 15.5 Å². The number of urea groups is 1. The Balaban J connectivity index is 2.01. The Morgan fingerprint density at radius 1 is 1.56 bits per heavy atom. The minimum absolute atomic E-state index is 0.0104. The average molecular weight is 255 g/mol. The Kier molecular flexibility index (Phi) is 3.40. The van der Waals surface area contributed by atoms with Gasteiger partial charge in [-0.2, -0.15) is 0 Å². The summed E-state index contributed by atoms with van der Waals surface area (Å²) in [6.07, 6.45) is 1.55. The van der Waals surface area contributed by atoms with Gasteiger partial charge in [0.05, 0.1) is 12.0 Å². The van der Waals surface area contributed by atoms with Gasteiger partial charge >= 0.3 is 12.0 Å². The first-order valence-electron chi connectivity index (χ1n) is 6.08. The maximum Gasteiger partial charge on any atom is 0.325 e. The van der Waals surface area contributed by atoms with Gasteiger partial charge < -0.3 is 20.6 Å². The number of piperidine rings is 1. The molecule has 3 N–H and O–H groups in total. The number of fused-ring (bicyclic) bond motifs is 1. The number of carbonyl (C=O) groups excluding carboxylic acids is 2. The van der Waals surface area contributed by atoms with E-state index in [1.54, 1.807) is 4.90 Å². The molecular weight excluding hydrogens is 238 g/mol. The largest absolute Gasteiger partial charge is 0.480 e. The van der Waals surface area contributed by atoms with Crippen molar-refractivity contribution in [3.8, 4) is 0 Å². The second kappa shape index (κ2) is 4.83. The number of amides is 3. The molecule has 0 aromatic heterocycles. The van der Waals surface area contributed by atoms with Crippen molar-refractivity contribution in [3.63, 3.8) is 0 Å². The van der Waals surface area contributed by atoms with Gasteiger partial charge in [0, 0.05) is 13.1 Å². The van der Waals surface area contributed by atoms with Gasteiger partial charge in [-0.1, -0.05) is 0 Å². The summed E-state index contributed by atoms with van der Waals surface area (Å²) in [5, 5.41) is 13.9. The molecule has 0 aromatic rings. The predicted molar refractivity (Wildman–Crippen MR) is 61.9 cm³/mol. The third kappa shape index (κ3) is 2.25. The third-order valence-electron chi connectivity index (χ3n) is 3.57. The molecule has 100 valence electrons. The van der Waals surface area contributed by atoms with E-state index in [1.807, 2.05) is 0 Å². The molecule has 0 spiro atoms. The molecule has 3 amide bonds. The number of aliphatic carboxylic acids is 1. The molecule has 0 bridgehead atoms. The highest BCUT2D eigenvalue weighted by Crippen LogP contribution is 2.27. The molecule has 2 heterocycles. The summed E-state index contributed by atoms with van der Waals surface area (Å²) in [6.45, 7) is 2.44. The van der Waals surface area contributed by atoms with Gasteiger partial charge in [0.1, 0.15) is 6.04 Å². The molecule has 7 heteroatoms. The summed E-state index contributed by atoms with van der Waals surface area (Å²) in [4.78, 5) is 35.8. The van der Waals surface area contributed by atoms with Crippen LogP contribution in [0.2, 0.25) is 0 Å². The Morgan fingerprint density at radius 2 is 2.28 bits per heavy atom. The van der Waals surface area contributed by atoms with E-state index < -0.39 is 18.0 Å². The number of hydrogen-bond donors (Lipinski definition) is 3. The lowest BCUT2D eigenvalue weighted by Crippen LogP contribution is -2.55. The van der Waals surface area contributed by atoms with Crippen LogP contribution in [0.25, 0.3) is 0 Å². The molecule has 2 aliphatic heterocycles. The fourth-order valence-electron chi connectivity index (χ4n) is 2.53. The van der Waals surface area contributed by atoms with Crippen LogP contribution in [0.4, 0.5) is 4.79 Å². The highest BCUT2D eigenvalue weighted by Gasteiger charge is 2.42. The number of carbonyl (C=O) groups is 3. The highest BCUT2D eigenvalue weighted by atomic mass is 16.4. The minimum Gasteiger partial charge on any atom is -0.480 e. The first-order valence-corrected chi connectivity index (χ1v) is 6.08. The van der Waals surface area contributed by atoms with E-state index >= 15 is 0 Å². The van der Waals surface area contributed by atoms with Gasteiger partial charge in [0.15, 0.2) is 0 Å². The zero-order chi connectivity index (χ0) is 13.3. The Morgan fingerprint density at radius 3 is 2.94 bits per heavy atom. The smallest absolute Gasteiger partial charge is 0.325 e. The molecule has 18 heavy (non-hydrogen) atoms. The lowest BCUT2D eigenvalue weighted by atomic mass is 9.92. The van der Waals surface area contributed by atoms with Crippen LogP contribution in [0.3, 0.4) is 0 Å². The van der Waals surface area contributed by atoms with Crippen LogP contribution in [-0.4, -0.2) is 53.1 Å². The SMILES string of the molecule is CC(NC(=O)N1CCCC2C(=O)NCC21)C(=O)O. The third-order valence-corrected chi connectivity index (χ3v) is 3.57. The van der Waals surface area contributed by atoms with Gasteiger partial charge in [-0.15, -0.1) is 0 Å². The van der Waals surface area contributed by atoms with Crippen LogP contribution >= 0.6 is 0 Å². The van der Waals surface area contributed by atoms with Crippen LogP contribution in [0, 0.1) is 5.92 Å². The van der Waals surface area contributed by atoms with E-state index in [1.165, 1.54) is 6.92 Å². The number of carboxylic acids is 1. The van der Waals surface area contributed by atoms with E-state index in [9.17, 15) is 14.4 Å². The zero-order valence-corrected chi connectivity index (χ0v) is 10.2. The molecule has 7 nitrogen and oxygen atoms in total. The molecular formula is C11H17N3O4. The molecule has 0 aromatic carbocycles. The quantitative estimate of drug-likeness (QED) is 0.612. The highest BCUT2D eigenvalue weighted by molar-refractivity contribution is 5.86. The lowest BCUT2D eigenvalue weighted by Gasteiger charge is -2.36. The van der Waals surface area contributed by atoms with Crippen molar-refractivity contribution in [3.05, 3.63) is 0 Å². The van der Waals surface area contributed by atoms with Crippen LogP contribution in [-0.2, 0) is 9.59 Å². The van der Waals surface area contributed by atoms with Crippen LogP contribution < -0.4 is 10.6 Å². The fourth-order valence-corrected chi connectivity index (χ4v) is 2.53. The molecule has 2 rings (SSSR count). The second-order valence-electron chi connectivity index (χ2n) is 4.76. The maximum absolute atomic E-state index is 12.0. The van der Waals surface area contributed by atoms with E-state index in [4.69, 9.17) is 5.11 Å². The van der Waals surface area contributed by atoms with Crippen LogP contribution in [0.15, 0.2) is 0 Å². The number of rotatable bonds is 2. The molecule has 3 atom stereocenters. The minimum atomic E-state index is -1.07. The summed E-state index contributed by atoms with van der Waals surface area (Å²) >= 11 is 0. The average Bonchev–Trinajstić information content (AvgIpc) is 2.71. The van der Waals surface area contributed by atoms with Gasteiger partial charge in [0.25, 0.3) is 0 Å². The van der Waals surface area contributed by atoms with Gasteiger partial charge in [-0.05, 0) is 19.8 Å². The molecule has 2 saturated heterocycles. The Bertz CT molecular complexity index is 384. The van der Waals surface area contributed by atoms with Gasteiger partial charge in [-0.25, -0.2) is 4.79 Å². The molecule has 0 aliphatic carbocycles. The fraction of sp³-hybridized carbons (Fsp3) is 0.727. The summed E-state index contributed by atoms with van der Waals surface area (Å²) in [6, 6.07) is -1.48. The summed E-state index contributed by atoms with van der Waals surface area (Å²) in [5.41, 5.74) is 0. The number of carboxylic acid groups (broad SMARTS) is 1.